The van der Waals surface area contributed by atoms with Crippen LogP contribution < -0.4 is 15.4 Å². The Morgan fingerprint density at radius 1 is 1.22 bits per heavy atom. The Labute approximate surface area is 109 Å². The number of nitrogens with one attached hydrogen (secondary N) is 2. The quantitative estimate of drug-likeness (QED) is 0.762. The molecule has 0 aliphatic carbocycles. The largest absolute Gasteiger partial charge is 0.492 e. The van der Waals surface area contributed by atoms with Gasteiger partial charge in [-0.3, -0.25) is 0 Å². The fourth-order valence-electron chi connectivity index (χ4n) is 1.27. The molecule has 0 bridgehead atoms. The summed E-state index contributed by atoms with van der Waals surface area (Å²) in [4.78, 5) is 11.5. The average Bonchev–Trinajstić information content (AvgIpc) is 2.35. The van der Waals surface area contributed by atoms with Crippen molar-refractivity contribution in [3.63, 3.8) is 0 Å². The first-order chi connectivity index (χ1) is 8.59. The lowest BCUT2D eigenvalue weighted by atomic mass is 10.1. The van der Waals surface area contributed by atoms with E-state index in [0.29, 0.717) is 19.1 Å². The summed E-state index contributed by atoms with van der Waals surface area (Å²) >= 11 is 0. The number of rotatable bonds is 6. The predicted molar refractivity (Wildman–Crippen MR) is 72.8 cm³/mol. The van der Waals surface area contributed by atoms with E-state index in [4.69, 9.17) is 4.74 Å². The monoisotopic (exact) mass is 250 g/mol. The highest BCUT2D eigenvalue weighted by Crippen LogP contribution is 2.07. The topological polar surface area (TPSA) is 50.4 Å². The number of ether oxygens (including phenoxy) is 1. The van der Waals surface area contributed by atoms with Crippen molar-refractivity contribution in [3.8, 4) is 5.75 Å². The Morgan fingerprint density at radius 3 is 2.50 bits per heavy atom. The van der Waals surface area contributed by atoms with Gasteiger partial charge in [-0.15, -0.1) is 0 Å². The van der Waals surface area contributed by atoms with Crippen LogP contribution in [0.1, 0.15) is 20.8 Å². The van der Waals surface area contributed by atoms with Gasteiger partial charge in [0.2, 0.25) is 0 Å². The summed E-state index contributed by atoms with van der Waals surface area (Å²) in [6, 6.07) is 9.57. The molecule has 0 aromatic heterocycles. The molecule has 18 heavy (non-hydrogen) atoms. The lowest BCUT2D eigenvalue weighted by molar-refractivity contribution is 0.230. The molecular formula is C14H22N2O2. The zero-order valence-corrected chi connectivity index (χ0v) is 11.3. The minimum Gasteiger partial charge on any atom is -0.492 e. The van der Waals surface area contributed by atoms with Crippen LogP contribution in [0.5, 0.6) is 5.75 Å². The number of benzene rings is 1. The minimum atomic E-state index is -0.145. The first-order valence-electron chi connectivity index (χ1n) is 6.32. The van der Waals surface area contributed by atoms with Crippen LogP contribution in [0.25, 0.3) is 0 Å². The number of hydrogen-bond donors (Lipinski definition) is 2. The van der Waals surface area contributed by atoms with Crippen molar-refractivity contribution in [3.05, 3.63) is 30.3 Å². The van der Waals surface area contributed by atoms with Crippen molar-refractivity contribution in [1.29, 1.82) is 0 Å². The summed E-state index contributed by atoms with van der Waals surface area (Å²) in [6.45, 7) is 7.09. The Morgan fingerprint density at radius 2 is 1.89 bits per heavy atom. The number of amides is 2. The highest BCUT2D eigenvalue weighted by molar-refractivity contribution is 5.74. The van der Waals surface area contributed by atoms with Crippen LogP contribution in [0.2, 0.25) is 0 Å². The molecule has 4 heteroatoms. The Balaban J connectivity index is 2.13. The maximum Gasteiger partial charge on any atom is 0.315 e. The number of para-hydroxylation sites is 1. The number of carbonyl (C=O) groups is 1. The first-order valence-corrected chi connectivity index (χ1v) is 6.32. The molecule has 1 unspecified atom stereocenters. The van der Waals surface area contributed by atoms with Crippen molar-refractivity contribution in [2.45, 2.75) is 26.8 Å². The van der Waals surface area contributed by atoms with E-state index in [9.17, 15) is 4.79 Å². The summed E-state index contributed by atoms with van der Waals surface area (Å²) in [7, 11) is 0. The molecule has 0 spiro atoms. The zero-order chi connectivity index (χ0) is 13.4. The highest BCUT2D eigenvalue weighted by Gasteiger charge is 2.09. The predicted octanol–water partition coefficient (Wildman–Crippen LogP) is 2.41. The van der Waals surface area contributed by atoms with Gasteiger partial charge in [-0.2, -0.15) is 0 Å². The third kappa shape index (κ3) is 5.57. The molecule has 4 nitrogen and oxygen atoms in total. The van der Waals surface area contributed by atoms with Gasteiger partial charge < -0.3 is 15.4 Å². The van der Waals surface area contributed by atoms with Gasteiger partial charge in [0.15, 0.2) is 0 Å². The molecule has 2 N–H and O–H groups in total. The molecule has 0 heterocycles. The van der Waals surface area contributed by atoms with E-state index in [0.717, 1.165) is 5.75 Å². The maximum absolute atomic E-state index is 11.5. The highest BCUT2D eigenvalue weighted by atomic mass is 16.5. The lowest BCUT2D eigenvalue weighted by Crippen LogP contribution is -2.44. The second kappa shape index (κ2) is 7.58. The molecule has 0 radical (unpaired) electrons. The zero-order valence-electron chi connectivity index (χ0n) is 11.3. The fraction of sp³-hybridized carbons (Fsp3) is 0.500. The second-order valence-corrected chi connectivity index (χ2v) is 4.59. The molecule has 0 saturated heterocycles. The van der Waals surface area contributed by atoms with E-state index in [1.54, 1.807) is 0 Å². The third-order valence-corrected chi connectivity index (χ3v) is 2.76. The molecule has 1 atom stereocenters. The van der Waals surface area contributed by atoms with Crippen molar-refractivity contribution in [1.82, 2.24) is 10.6 Å². The minimum absolute atomic E-state index is 0.145. The van der Waals surface area contributed by atoms with E-state index < -0.39 is 0 Å². The molecule has 0 aliphatic heterocycles. The van der Waals surface area contributed by atoms with Crippen molar-refractivity contribution < 1.29 is 9.53 Å². The van der Waals surface area contributed by atoms with Crippen molar-refractivity contribution in [2.24, 2.45) is 5.92 Å². The lowest BCUT2D eigenvalue weighted by Gasteiger charge is -2.17. The first kappa shape index (κ1) is 14.4. The van der Waals surface area contributed by atoms with Crippen LogP contribution >= 0.6 is 0 Å². The average molecular weight is 250 g/mol. The molecule has 1 aromatic carbocycles. The Bertz CT molecular complexity index is 352. The van der Waals surface area contributed by atoms with Gasteiger partial charge in [0.05, 0.1) is 6.54 Å². The van der Waals surface area contributed by atoms with Crippen LogP contribution in [0.4, 0.5) is 4.79 Å². The van der Waals surface area contributed by atoms with Crippen molar-refractivity contribution >= 4 is 6.03 Å². The van der Waals surface area contributed by atoms with E-state index in [1.807, 2.05) is 37.3 Å². The van der Waals surface area contributed by atoms with Gasteiger partial charge in [0.25, 0.3) is 0 Å². The molecule has 1 aromatic rings. The van der Waals surface area contributed by atoms with E-state index in [-0.39, 0.29) is 12.1 Å². The van der Waals surface area contributed by atoms with E-state index in [1.165, 1.54) is 0 Å². The molecule has 100 valence electrons. The summed E-state index contributed by atoms with van der Waals surface area (Å²) in [6.07, 6.45) is 0. The third-order valence-electron chi connectivity index (χ3n) is 2.76. The molecular weight excluding hydrogens is 228 g/mol. The Kier molecular flexibility index (Phi) is 6.05. The van der Waals surface area contributed by atoms with Gasteiger partial charge in [-0.25, -0.2) is 4.79 Å². The van der Waals surface area contributed by atoms with Gasteiger partial charge in [-0.1, -0.05) is 32.0 Å². The normalized spacial score (nSPS) is 12.0. The van der Waals surface area contributed by atoms with Crippen LogP contribution in [-0.2, 0) is 0 Å². The molecule has 0 aliphatic rings. The smallest absolute Gasteiger partial charge is 0.315 e. The molecule has 2 amide bonds. The number of carbonyl (C=O) groups excluding carboxylic acids is 1. The summed E-state index contributed by atoms with van der Waals surface area (Å²) < 4.78 is 5.47. The van der Waals surface area contributed by atoms with Crippen LogP contribution in [0.3, 0.4) is 0 Å². The van der Waals surface area contributed by atoms with Crippen molar-refractivity contribution in [2.75, 3.05) is 13.2 Å². The van der Waals surface area contributed by atoms with Gasteiger partial charge in [0, 0.05) is 6.04 Å². The van der Waals surface area contributed by atoms with Crippen LogP contribution in [-0.4, -0.2) is 25.2 Å². The summed E-state index contributed by atoms with van der Waals surface area (Å²) in [5.41, 5.74) is 0. The van der Waals surface area contributed by atoms with Gasteiger partial charge in [0.1, 0.15) is 12.4 Å². The second-order valence-electron chi connectivity index (χ2n) is 4.59. The standard InChI is InChI=1S/C14H22N2O2/c1-11(2)12(3)16-14(17)15-9-10-18-13-7-5-4-6-8-13/h4-8,11-12H,9-10H2,1-3H3,(H2,15,16,17). The molecule has 0 fully saturated rings. The molecule has 1 rings (SSSR count). The van der Waals surface area contributed by atoms with E-state index >= 15 is 0 Å². The maximum atomic E-state index is 11.5. The van der Waals surface area contributed by atoms with Crippen LogP contribution in [0, 0.1) is 5.92 Å². The van der Waals surface area contributed by atoms with E-state index in [2.05, 4.69) is 24.5 Å². The Hall–Kier alpha value is -1.71. The van der Waals surface area contributed by atoms with Gasteiger partial charge >= 0.3 is 6.03 Å². The van der Waals surface area contributed by atoms with Crippen LogP contribution in [0.15, 0.2) is 30.3 Å². The summed E-state index contributed by atoms with van der Waals surface area (Å²) in [5.74, 6) is 1.24. The molecule has 0 saturated carbocycles. The fourth-order valence-corrected chi connectivity index (χ4v) is 1.27. The summed E-state index contributed by atoms with van der Waals surface area (Å²) in [5, 5.41) is 5.64. The number of hydrogen-bond acceptors (Lipinski definition) is 2. The SMILES string of the molecule is CC(C)C(C)NC(=O)NCCOc1ccccc1. The number of urea groups is 1. The van der Waals surface area contributed by atoms with Gasteiger partial charge in [-0.05, 0) is 25.0 Å².